The molecule has 0 bridgehead atoms. The smallest absolute Gasteiger partial charge is 0.165 e. The molecular weight excluding hydrogens is 243 g/mol. The van der Waals surface area contributed by atoms with Gasteiger partial charge in [0.2, 0.25) is 0 Å². The van der Waals surface area contributed by atoms with E-state index in [9.17, 15) is 12.8 Å². The Labute approximate surface area is 102 Å². The number of sulfone groups is 1. The van der Waals surface area contributed by atoms with Crippen LogP contribution in [0.4, 0.5) is 4.39 Å². The Bertz CT molecular complexity index is 469. The highest BCUT2D eigenvalue weighted by atomic mass is 32.2. The number of aryl methyl sites for hydroxylation is 1. The Morgan fingerprint density at radius 1 is 1.35 bits per heavy atom. The lowest BCUT2D eigenvalue weighted by atomic mass is 10.2. The van der Waals surface area contributed by atoms with Gasteiger partial charge in [-0.05, 0) is 31.0 Å². The number of halogens is 1. The number of hydrogen-bond acceptors (Lipinski definition) is 3. The Balaban J connectivity index is 2.44. The van der Waals surface area contributed by atoms with Gasteiger partial charge in [-0.3, -0.25) is 0 Å². The first-order valence-electron chi connectivity index (χ1n) is 5.54. The number of ether oxygens (including phenoxy) is 1. The van der Waals surface area contributed by atoms with Crippen molar-refractivity contribution in [3.8, 4) is 5.75 Å². The van der Waals surface area contributed by atoms with Crippen LogP contribution in [0.25, 0.3) is 0 Å². The molecule has 0 spiro atoms. The van der Waals surface area contributed by atoms with Crippen LogP contribution in [0, 0.1) is 12.7 Å². The minimum absolute atomic E-state index is 0.0803. The quantitative estimate of drug-likeness (QED) is 0.737. The monoisotopic (exact) mass is 260 g/mol. The first-order chi connectivity index (χ1) is 7.94. The molecule has 0 aliphatic rings. The molecule has 3 nitrogen and oxygen atoms in total. The lowest BCUT2D eigenvalue weighted by Gasteiger charge is -2.07. The van der Waals surface area contributed by atoms with Crippen molar-refractivity contribution in [1.29, 1.82) is 0 Å². The van der Waals surface area contributed by atoms with E-state index in [0.29, 0.717) is 6.42 Å². The minimum Gasteiger partial charge on any atom is -0.490 e. The highest BCUT2D eigenvalue weighted by Gasteiger charge is 2.08. The molecule has 0 radical (unpaired) electrons. The van der Waals surface area contributed by atoms with Crippen LogP contribution in [0.2, 0.25) is 0 Å². The van der Waals surface area contributed by atoms with Gasteiger partial charge in [0.15, 0.2) is 11.6 Å². The van der Waals surface area contributed by atoms with Gasteiger partial charge in [-0.1, -0.05) is 13.0 Å². The molecule has 0 aliphatic carbocycles. The molecule has 0 N–H and O–H groups in total. The zero-order chi connectivity index (χ0) is 12.9. The van der Waals surface area contributed by atoms with Crippen LogP contribution in [0.1, 0.15) is 18.9 Å². The third-order valence-corrected chi connectivity index (χ3v) is 4.17. The van der Waals surface area contributed by atoms with Crippen molar-refractivity contribution in [1.82, 2.24) is 0 Å². The summed E-state index contributed by atoms with van der Waals surface area (Å²) < 4.78 is 40.9. The normalized spacial score (nSPS) is 11.5. The van der Waals surface area contributed by atoms with E-state index in [-0.39, 0.29) is 23.9 Å². The van der Waals surface area contributed by atoms with E-state index in [1.54, 1.807) is 19.1 Å². The summed E-state index contributed by atoms with van der Waals surface area (Å²) in [7, 11) is -2.97. The molecule has 1 rings (SSSR count). The van der Waals surface area contributed by atoms with Gasteiger partial charge in [-0.2, -0.15) is 0 Å². The minimum atomic E-state index is -2.97. The summed E-state index contributed by atoms with van der Waals surface area (Å²) in [6.07, 6.45) is 0.379. The van der Waals surface area contributed by atoms with E-state index in [2.05, 4.69) is 0 Å². The molecule has 0 atom stereocenters. The highest BCUT2D eigenvalue weighted by molar-refractivity contribution is 7.91. The van der Waals surface area contributed by atoms with Gasteiger partial charge in [-0.25, -0.2) is 12.8 Å². The molecule has 1 aromatic carbocycles. The summed E-state index contributed by atoms with van der Waals surface area (Å²) in [6.45, 7) is 3.66. The molecular formula is C12H17FO3S. The van der Waals surface area contributed by atoms with Crippen molar-refractivity contribution in [2.75, 3.05) is 18.1 Å². The number of benzene rings is 1. The van der Waals surface area contributed by atoms with E-state index in [1.165, 1.54) is 6.07 Å². The van der Waals surface area contributed by atoms with Gasteiger partial charge >= 0.3 is 0 Å². The van der Waals surface area contributed by atoms with E-state index in [1.807, 2.05) is 6.92 Å². The van der Waals surface area contributed by atoms with Crippen LogP contribution in [-0.2, 0) is 9.84 Å². The largest absolute Gasteiger partial charge is 0.490 e. The fourth-order valence-corrected chi connectivity index (χ4v) is 2.17. The fourth-order valence-electron chi connectivity index (χ4n) is 1.33. The average Bonchev–Trinajstić information content (AvgIpc) is 2.29. The molecule has 0 unspecified atom stereocenters. The highest BCUT2D eigenvalue weighted by Crippen LogP contribution is 2.18. The van der Waals surface area contributed by atoms with Gasteiger partial charge in [-0.15, -0.1) is 0 Å². The zero-order valence-corrected chi connectivity index (χ0v) is 10.9. The van der Waals surface area contributed by atoms with Gasteiger partial charge < -0.3 is 4.74 Å². The lowest BCUT2D eigenvalue weighted by Crippen LogP contribution is -2.12. The van der Waals surface area contributed by atoms with Crippen LogP contribution >= 0.6 is 0 Å². The molecule has 1 aromatic rings. The molecule has 0 saturated heterocycles. The third kappa shape index (κ3) is 4.73. The van der Waals surface area contributed by atoms with Gasteiger partial charge in [0.1, 0.15) is 9.84 Å². The lowest BCUT2D eigenvalue weighted by molar-refractivity contribution is 0.301. The Morgan fingerprint density at radius 3 is 2.71 bits per heavy atom. The SMILES string of the molecule is CCS(=O)(=O)CCCOc1cc(C)ccc1F. The molecule has 0 saturated carbocycles. The first-order valence-corrected chi connectivity index (χ1v) is 7.36. The Morgan fingerprint density at radius 2 is 2.06 bits per heavy atom. The van der Waals surface area contributed by atoms with Crippen molar-refractivity contribution in [3.63, 3.8) is 0 Å². The molecule has 0 fully saturated rings. The second-order valence-corrected chi connectivity index (χ2v) is 6.34. The van der Waals surface area contributed by atoms with E-state index in [4.69, 9.17) is 4.74 Å². The molecule has 96 valence electrons. The van der Waals surface area contributed by atoms with Crippen LogP contribution in [0.3, 0.4) is 0 Å². The second kappa shape index (κ2) is 6.00. The average molecular weight is 260 g/mol. The first kappa shape index (κ1) is 14.0. The molecule has 0 aliphatic heterocycles. The second-order valence-electron chi connectivity index (χ2n) is 3.87. The number of rotatable bonds is 6. The zero-order valence-electron chi connectivity index (χ0n) is 10.1. The maximum absolute atomic E-state index is 13.3. The molecule has 5 heteroatoms. The molecule has 0 heterocycles. The van der Waals surface area contributed by atoms with Crippen LogP contribution in [0.5, 0.6) is 5.75 Å². The van der Waals surface area contributed by atoms with Crippen molar-refractivity contribution < 1.29 is 17.5 Å². The van der Waals surface area contributed by atoms with E-state index < -0.39 is 15.7 Å². The van der Waals surface area contributed by atoms with Crippen molar-refractivity contribution >= 4 is 9.84 Å². The summed E-state index contributed by atoms with van der Waals surface area (Å²) in [5, 5.41) is 0. The molecule has 0 amide bonds. The summed E-state index contributed by atoms with van der Waals surface area (Å²) in [5.74, 6) is -0.0317. The van der Waals surface area contributed by atoms with Gasteiger partial charge in [0, 0.05) is 5.75 Å². The van der Waals surface area contributed by atoms with Crippen LogP contribution in [-0.4, -0.2) is 26.5 Å². The van der Waals surface area contributed by atoms with Gasteiger partial charge in [0.25, 0.3) is 0 Å². The van der Waals surface area contributed by atoms with E-state index in [0.717, 1.165) is 5.56 Å². The van der Waals surface area contributed by atoms with Gasteiger partial charge in [0.05, 0.1) is 12.4 Å². The van der Waals surface area contributed by atoms with Crippen molar-refractivity contribution in [3.05, 3.63) is 29.6 Å². The molecule has 0 aromatic heterocycles. The summed E-state index contributed by atoms with van der Waals surface area (Å²) in [5.41, 5.74) is 0.905. The van der Waals surface area contributed by atoms with Crippen LogP contribution in [0.15, 0.2) is 18.2 Å². The fraction of sp³-hybridized carbons (Fsp3) is 0.500. The summed E-state index contributed by atoms with van der Waals surface area (Å²) in [6, 6.07) is 4.60. The Hall–Kier alpha value is -1.10. The van der Waals surface area contributed by atoms with Crippen LogP contribution < -0.4 is 4.74 Å². The summed E-state index contributed by atoms with van der Waals surface area (Å²) >= 11 is 0. The number of hydrogen-bond donors (Lipinski definition) is 0. The Kier molecular flexibility index (Phi) is 4.93. The predicted octanol–water partition coefficient (Wildman–Crippen LogP) is 2.34. The maximum Gasteiger partial charge on any atom is 0.165 e. The maximum atomic E-state index is 13.3. The standard InChI is InChI=1S/C12H17FO3S/c1-3-17(14,15)8-4-7-16-12-9-10(2)5-6-11(12)13/h5-6,9H,3-4,7-8H2,1-2H3. The van der Waals surface area contributed by atoms with E-state index >= 15 is 0 Å². The molecule has 17 heavy (non-hydrogen) atoms. The topological polar surface area (TPSA) is 43.4 Å². The summed E-state index contributed by atoms with van der Waals surface area (Å²) in [4.78, 5) is 0. The van der Waals surface area contributed by atoms with Crippen molar-refractivity contribution in [2.24, 2.45) is 0 Å². The van der Waals surface area contributed by atoms with Crippen molar-refractivity contribution in [2.45, 2.75) is 20.3 Å². The predicted molar refractivity (Wildman–Crippen MR) is 65.6 cm³/mol. The third-order valence-electron chi connectivity index (χ3n) is 2.38.